The van der Waals surface area contributed by atoms with Gasteiger partial charge in [0.2, 0.25) is 0 Å². The smallest absolute Gasteiger partial charge is 0.394 e. The molecule has 1 rings (SSSR count). The van der Waals surface area contributed by atoms with Gasteiger partial charge in [-0.1, -0.05) is 18.3 Å². The van der Waals surface area contributed by atoms with Gasteiger partial charge in [-0.25, -0.2) is 0 Å². The van der Waals surface area contributed by atoms with Gasteiger partial charge in [-0.3, -0.25) is 9.11 Å². The van der Waals surface area contributed by atoms with Crippen molar-refractivity contribution in [3.63, 3.8) is 0 Å². The van der Waals surface area contributed by atoms with Crippen LogP contribution in [0.1, 0.15) is 0 Å². The second kappa shape index (κ2) is 4.92. The zero-order valence-electron chi connectivity index (χ0n) is 6.23. The van der Waals surface area contributed by atoms with Crippen LogP contribution in [0.2, 0.25) is 0 Å². The maximum Gasteiger partial charge on any atom is 0.394 e. The van der Waals surface area contributed by atoms with Crippen molar-refractivity contribution in [3.8, 4) is 0 Å². The Morgan fingerprint density at radius 1 is 1.31 bits per heavy atom. The molecule has 3 N–H and O–H groups in total. The van der Waals surface area contributed by atoms with Gasteiger partial charge >= 0.3 is 10.4 Å². The molecule has 1 aromatic rings. The fraction of sp³-hybridized carbons (Fsp3) is 0. The molecule has 0 saturated carbocycles. The zero-order chi connectivity index (χ0) is 10.5. The quantitative estimate of drug-likeness (QED) is 0.343. The third-order valence-corrected chi connectivity index (χ3v) is 1.13. The lowest BCUT2D eigenvalue weighted by Crippen LogP contribution is -1.89. The number of pyridine rings is 1. The Morgan fingerprint density at radius 2 is 1.77 bits per heavy atom. The molecule has 0 unspecified atom stereocenters. The van der Waals surface area contributed by atoms with Crippen LogP contribution in [-0.4, -0.2) is 27.5 Å². The fourth-order valence-corrected chi connectivity index (χ4v) is 0.558. The van der Waals surface area contributed by atoms with Crippen LogP contribution >= 0.6 is 12.2 Å². The number of aromatic nitrogens is 1. The van der Waals surface area contributed by atoms with Crippen LogP contribution in [-0.2, 0) is 10.4 Å². The molecule has 0 aliphatic rings. The molecule has 0 bridgehead atoms. The molecule has 1 aromatic heterocycles. The maximum atomic E-state index is 8.74. The highest BCUT2D eigenvalue weighted by Gasteiger charge is 1.84. The number of nitrogens with zero attached hydrogens (tertiary/aromatic N) is 1. The Labute approximate surface area is 79.6 Å². The monoisotopic (exact) mass is 225 g/mol. The van der Waals surface area contributed by atoms with Crippen molar-refractivity contribution in [2.75, 3.05) is 0 Å². The molecule has 0 amide bonds. The minimum absolute atomic E-state index is 0.424. The lowest BCUT2D eigenvalue weighted by atomic mass is 10.5. The molecule has 0 aliphatic heterocycles. The van der Waals surface area contributed by atoms with E-state index in [0.29, 0.717) is 4.64 Å². The van der Waals surface area contributed by atoms with Crippen molar-refractivity contribution in [2.45, 2.75) is 0 Å². The molecule has 0 radical (unpaired) electrons. The zero-order valence-corrected chi connectivity index (χ0v) is 7.86. The summed E-state index contributed by atoms with van der Waals surface area (Å²) in [5, 5.41) is 8.73. The first-order valence-electron chi connectivity index (χ1n) is 2.87. The third-order valence-electron chi connectivity index (χ3n) is 0.803. The predicted octanol–water partition coefficient (Wildman–Crippen LogP) is 0.802. The van der Waals surface area contributed by atoms with Crippen molar-refractivity contribution in [2.24, 2.45) is 0 Å². The van der Waals surface area contributed by atoms with E-state index >= 15 is 0 Å². The first-order valence-corrected chi connectivity index (χ1v) is 4.68. The van der Waals surface area contributed by atoms with Gasteiger partial charge in [-0.2, -0.15) is 13.1 Å². The molecule has 0 aliphatic carbocycles. The second-order valence-corrected chi connectivity index (χ2v) is 3.15. The lowest BCUT2D eigenvalue weighted by molar-refractivity contribution is 0.180. The summed E-state index contributed by atoms with van der Waals surface area (Å²) in [4.78, 5) is 0. The van der Waals surface area contributed by atoms with E-state index in [1.807, 2.05) is 0 Å². The Hall–Kier alpha value is -0.960. The van der Waals surface area contributed by atoms with Gasteiger partial charge in [-0.05, 0) is 12.1 Å². The summed E-state index contributed by atoms with van der Waals surface area (Å²) in [5.74, 6) is 0. The molecular weight excluding hydrogens is 218 g/mol. The van der Waals surface area contributed by atoms with Crippen LogP contribution < -0.4 is 0 Å². The Morgan fingerprint density at radius 3 is 2.00 bits per heavy atom. The third kappa shape index (κ3) is 8.95. The van der Waals surface area contributed by atoms with E-state index < -0.39 is 10.4 Å². The average molecular weight is 225 g/mol. The summed E-state index contributed by atoms with van der Waals surface area (Å²) in [6.07, 6.45) is 1.49. The molecule has 0 atom stereocenters. The highest BCUT2D eigenvalue weighted by molar-refractivity contribution is 7.79. The lowest BCUT2D eigenvalue weighted by Gasteiger charge is -1.90. The van der Waals surface area contributed by atoms with E-state index in [4.69, 9.17) is 22.7 Å². The van der Waals surface area contributed by atoms with E-state index in [0.717, 1.165) is 4.73 Å². The molecule has 0 saturated heterocycles. The van der Waals surface area contributed by atoms with Crippen molar-refractivity contribution < 1.29 is 22.7 Å². The first kappa shape index (κ1) is 12.0. The normalized spacial score (nSPS) is 10.0. The summed E-state index contributed by atoms with van der Waals surface area (Å²) in [6.45, 7) is 0. The Bertz CT molecular complexity index is 401. The maximum absolute atomic E-state index is 8.74. The van der Waals surface area contributed by atoms with Gasteiger partial charge < -0.3 is 5.21 Å². The van der Waals surface area contributed by atoms with Crippen molar-refractivity contribution in [1.29, 1.82) is 0 Å². The molecule has 0 fully saturated rings. The summed E-state index contributed by atoms with van der Waals surface area (Å²) in [6, 6.07) is 5.13. The summed E-state index contributed by atoms with van der Waals surface area (Å²) in [7, 11) is -4.67. The molecule has 0 spiro atoms. The summed E-state index contributed by atoms with van der Waals surface area (Å²) in [5.41, 5.74) is 0. The molecule has 8 heteroatoms. The second-order valence-electron chi connectivity index (χ2n) is 1.83. The largest absolute Gasteiger partial charge is 0.428 e. The SMILES string of the molecule is O=S(=O)(O)O.On1ccccc1=S. The number of rotatable bonds is 0. The highest BCUT2D eigenvalue weighted by Crippen LogP contribution is 1.86. The molecular formula is C5H7NO5S2. The van der Waals surface area contributed by atoms with Crippen LogP contribution in [0.5, 0.6) is 0 Å². The predicted molar refractivity (Wildman–Crippen MR) is 46.6 cm³/mol. The topological polar surface area (TPSA) is 99.8 Å². The minimum atomic E-state index is -4.67. The van der Waals surface area contributed by atoms with Crippen molar-refractivity contribution >= 4 is 22.6 Å². The Balaban J connectivity index is 0.000000252. The van der Waals surface area contributed by atoms with E-state index in [9.17, 15) is 0 Å². The minimum Gasteiger partial charge on any atom is -0.428 e. The molecule has 6 nitrogen and oxygen atoms in total. The van der Waals surface area contributed by atoms with E-state index in [1.54, 1.807) is 18.2 Å². The van der Waals surface area contributed by atoms with Gasteiger partial charge in [-0.15, -0.1) is 0 Å². The molecule has 1 heterocycles. The van der Waals surface area contributed by atoms with Crippen LogP contribution in [0.25, 0.3) is 0 Å². The van der Waals surface area contributed by atoms with Crippen LogP contribution in [0, 0.1) is 4.64 Å². The van der Waals surface area contributed by atoms with Gasteiger partial charge in [0.1, 0.15) is 4.64 Å². The molecule has 0 aromatic carbocycles. The average Bonchev–Trinajstić information content (AvgIpc) is 1.92. The first-order chi connectivity index (χ1) is 5.80. The van der Waals surface area contributed by atoms with Crippen LogP contribution in [0.3, 0.4) is 0 Å². The molecule has 74 valence electrons. The van der Waals surface area contributed by atoms with Gasteiger partial charge in [0.15, 0.2) is 0 Å². The fourth-order valence-electron chi connectivity index (χ4n) is 0.419. The highest BCUT2D eigenvalue weighted by atomic mass is 32.3. The number of hydrogen-bond acceptors (Lipinski definition) is 4. The van der Waals surface area contributed by atoms with Gasteiger partial charge in [0.05, 0.1) is 0 Å². The summed E-state index contributed by atoms with van der Waals surface area (Å²) < 4.78 is 32.9. The van der Waals surface area contributed by atoms with Crippen molar-refractivity contribution in [1.82, 2.24) is 4.73 Å². The van der Waals surface area contributed by atoms with Crippen molar-refractivity contribution in [3.05, 3.63) is 29.0 Å². The summed E-state index contributed by atoms with van der Waals surface area (Å²) >= 11 is 4.67. The van der Waals surface area contributed by atoms with Crippen LogP contribution in [0.4, 0.5) is 0 Å². The van der Waals surface area contributed by atoms with E-state index in [1.165, 1.54) is 6.20 Å². The van der Waals surface area contributed by atoms with E-state index in [2.05, 4.69) is 12.2 Å². The van der Waals surface area contributed by atoms with E-state index in [-0.39, 0.29) is 0 Å². The standard InChI is InChI=1S/C5H5NOS.H2O4S/c7-6-4-2-1-3-5(6)8;1-5(2,3)4/h1-4,7H;(H2,1,2,3,4). The van der Waals surface area contributed by atoms with Gasteiger partial charge in [0.25, 0.3) is 0 Å². The number of hydrogen-bond donors (Lipinski definition) is 3. The van der Waals surface area contributed by atoms with Gasteiger partial charge in [0, 0.05) is 6.20 Å². The van der Waals surface area contributed by atoms with Crippen LogP contribution in [0.15, 0.2) is 24.4 Å². The molecule has 13 heavy (non-hydrogen) atoms. The Kier molecular flexibility index (Phi) is 4.56.